The minimum Gasteiger partial charge on any atom is -0.480 e. The van der Waals surface area contributed by atoms with Crippen molar-refractivity contribution >= 4 is 17.8 Å². The summed E-state index contributed by atoms with van der Waals surface area (Å²) in [4.78, 5) is 40.1. The molecule has 0 saturated carbocycles. The maximum absolute atomic E-state index is 13.6. The number of carboxylic acids is 1. The quantitative estimate of drug-likeness (QED) is 0.562. The van der Waals surface area contributed by atoms with Gasteiger partial charge in [-0.15, -0.1) is 0 Å². The van der Waals surface area contributed by atoms with Crippen LogP contribution in [0.2, 0.25) is 0 Å². The Morgan fingerprint density at radius 1 is 1.07 bits per heavy atom. The Hall–Kier alpha value is -2.74. The number of hydrogen-bond acceptors (Lipinski definition) is 4. The summed E-state index contributed by atoms with van der Waals surface area (Å²) in [6.07, 6.45) is 3.98. The number of carbonyl (C=O) groups is 3. The molecule has 1 aliphatic heterocycles. The van der Waals surface area contributed by atoms with Crippen LogP contribution in [-0.4, -0.2) is 72.0 Å². The smallest absolute Gasteiger partial charge is 0.319 e. The highest BCUT2D eigenvalue weighted by molar-refractivity contribution is 6.02. The van der Waals surface area contributed by atoms with Gasteiger partial charge in [-0.3, -0.25) is 19.3 Å². The first kappa shape index (κ1) is 20.0. The molecule has 2 aliphatic rings. The Kier molecular flexibility index (Phi) is 6.08. The van der Waals surface area contributed by atoms with Crippen molar-refractivity contribution in [1.82, 2.24) is 15.1 Å². The Morgan fingerprint density at radius 2 is 1.71 bits per heavy atom. The molecule has 7 nitrogen and oxygen atoms in total. The van der Waals surface area contributed by atoms with Crippen LogP contribution in [0.5, 0.6) is 0 Å². The standard InChI is InChI=1S/C20H24FN3O4/c21-16-6-2-1-5-15(16)17(25)22-9-10-23-11-13-24(14-12-23)18(26)20(19(27)28)7-3-4-8-20/h1-6H,7-14H2,(H,22,25)(H,27,28). The Bertz CT molecular complexity index is 779. The minimum atomic E-state index is -1.35. The minimum absolute atomic E-state index is 0.0158. The highest BCUT2D eigenvalue weighted by Crippen LogP contribution is 2.36. The van der Waals surface area contributed by atoms with Crippen LogP contribution in [0, 0.1) is 11.2 Å². The van der Waals surface area contributed by atoms with Gasteiger partial charge in [-0.05, 0) is 25.0 Å². The molecular formula is C20H24FN3O4. The van der Waals surface area contributed by atoms with Crippen molar-refractivity contribution in [2.75, 3.05) is 39.3 Å². The van der Waals surface area contributed by atoms with Gasteiger partial charge in [0.25, 0.3) is 5.91 Å². The molecule has 1 aromatic rings. The summed E-state index contributed by atoms with van der Waals surface area (Å²) in [7, 11) is 0. The van der Waals surface area contributed by atoms with Crippen molar-refractivity contribution < 1.29 is 23.9 Å². The average Bonchev–Trinajstić information content (AvgIpc) is 3.19. The molecule has 0 radical (unpaired) electrons. The van der Waals surface area contributed by atoms with Crippen LogP contribution < -0.4 is 5.32 Å². The van der Waals surface area contributed by atoms with Gasteiger partial charge in [0.1, 0.15) is 5.82 Å². The lowest BCUT2D eigenvalue weighted by atomic mass is 9.83. The number of carboxylic acid groups (broad SMARTS) is 1. The number of carbonyl (C=O) groups excluding carboxylic acids is 2. The van der Waals surface area contributed by atoms with E-state index in [2.05, 4.69) is 10.2 Å². The van der Waals surface area contributed by atoms with E-state index in [-0.39, 0.29) is 24.3 Å². The van der Waals surface area contributed by atoms with Crippen molar-refractivity contribution in [3.05, 3.63) is 47.8 Å². The van der Waals surface area contributed by atoms with E-state index in [1.54, 1.807) is 23.1 Å². The first-order chi connectivity index (χ1) is 13.4. The Labute approximate surface area is 162 Å². The fraction of sp³-hybridized carbons (Fsp3) is 0.450. The number of hydrogen-bond donors (Lipinski definition) is 2. The molecule has 28 heavy (non-hydrogen) atoms. The second-order valence-electron chi connectivity index (χ2n) is 7.14. The molecule has 0 spiro atoms. The summed E-state index contributed by atoms with van der Waals surface area (Å²) in [6, 6.07) is 5.82. The molecule has 0 bridgehead atoms. The van der Waals surface area contributed by atoms with E-state index >= 15 is 0 Å². The van der Waals surface area contributed by atoms with E-state index in [1.807, 2.05) is 0 Å². The monoisotopic (exact) mass is 389 g/mol. The number of nitrogens with zero attached hydrogens (tertiary/aromatic N) is 2. The number of piperazine rings is 1. The van der Waals surface area contributed by atoms with Crippen LogP contribution in [0.4, 0.5) is 4.39 Å². The van der Waals surface area contributed by atoms with E-state index in [4.69, 9.17) is 0 Å². The highest BCUT2D eigenvalue weighted by atomic mass is 19.1. The molecule has 0 unspecified atom stereocenters. The van der Waals surface area contributed by atoms with Gasteiger partial charge in [0.05, 0.1) is 5.56 Å². The zero-order valence-corrected chi connectivity index (χ0v) is 15.6. The van der Waals surface area contributed by atoms with E-state index in [0.29, 0.717) is 39.3 Å². The number of allylic oxidation sites excluding steroid dienone is 2. The van der Waals surface area contributed by atoms with Crippen molar-refractivity contribution in [1.29, 1.82) is 0 Å². The largest absolute Gasteiger partial charge is 0.480 e. The summed E-state index contributed by atoms with van der Waals surface area (Å²) in [5, 5.41) is 12.2. The molecule has 3 rings (SSSR count). The third-order valence-electron chi connectivity index (χ3n) is 5.41. The van der Waals surface area contributed by atoms with E-state index in [1.165, 1.54) is 18.2 Å². The summed E-state index contributed by atoms with van der Waals surface area (Å²) in [6.45, 7) is 3.05. The van der Waals surface area contributed by atoms with Crippen LogP contribution >= 0.6 is 0 Å². The third-order valence-corrected chi connectivity index (χ3v) is 5.41. The molecule has 1 aromatic carbocycles. The first-order valence-corrected chi connectivity index (χ1v) is 9.37. The van der Waals surface area contributed by atoms with E-state index < -0.39 is 23.1 Å². The topological polar surface area (TPSA) is 90.0 Å². The van der Waals surface area contributed by atoms with Crippen LogP contribution in [-0.2, 0) is 9.59 Å². The number of rotatable bonds is 6. The predicted octanol–water partition coefficient (Wildman–Crippen LogP) is 1.12. The number of benzene rings is 1. The summed E-state index contributed by atoms with van der Waals surface area (Å²) in [5.41, 5.74) is -1.34. The lowest BCUT2D eigenvalue weighted by molar-refractivity contribution is -0.160. The fourth-order valence-corrected chi connectivity index (χ4v) is 3.64. The summed E-state index contributed by atoms with van der Waals surface area (Å²) < 4.78 is 13.6. The van der Waals surface area contributed by atoms with Gasteiger partial charge < -0.3 is 15.3 Å². The number of aliphatic carboxylic acids is 1. The molecule has 150 valence electrons. The Morgan fingerprint density at radius 3 is 2.32 bits per heavy atom. The van der Waals surface area contributed by atoms with Gasteiger partial charge >= 0.3 is 5.97 Å². The van der Waals surface area contributed by atoms with Crippen LogP contribution in [0.3, 0.4) is 0 Å². The lowest BCUT2D eigenvalue weighted by Gasteiger charge is -2.38. The van der Waals surface area contributed by atoms with Gasteiger partial charge in [0, 0.05) is 39.3 Å². The normalized spacial score (nSPS) is 18.8. The highest BCUT2D eigenvalue weighted by Gasteiger charge is 2.48. The fourth-order valence-electron chi connectivity index (χ4n) is 3.64. The maximum Gasteiger partial charge on any atom is 0.319 e. The molecule has 1 fully saturated rings. The van der Waals surface area contributed by atoms with Gasteiger partial charge in [-0.2, -0.15) is 0 Å². The van der Waals surface area contributed by atoms with Gasteiger partial charge in [-0.1, -0.05) is 24.3 Å². The molecule has 0 aromatic heterocycles. The lowest BCUT2D eigenvalue weighted by Crippen LogP contribution is -2.55. The Balaban J connectivity index is 1.44. The molecule has 0 atom stereocenters. The van der Waals surface area contributed by atoms with E-state index in [9.17, 15) is 23.9 Å². The number of nitrogens with one attached hydrogen (secondary N) is 1. The van der Waals surface area contributed by atoms with Crippen LogP contribution in [0.25, 0.3) is 0 Å². The summed E-state index contributed by atoms with van der Waals surface area (Å²) in [5.74, 6) is -2.40. The second-order valence-corrected chi connectivity index (χ2v) is 7.14. The molecule has 1 saturated heterocycles. The van der Waals surface area contributed by atoms with Gasteiger partial charge in [0.15, 0.2) is 5.41 Å². The number of halogens is 1. The predicted molar refractivity (Wildman–Crippen MR) is 100 cm³/mol. The molecule has 1 heterocycles. The second kappa shape index (κ2) is 8.52. The first-order valence-electron chi connectivity index (χ1n) is 9.37. The third kappa shape index (κ3) is 4.06. The molecule has 2 amide bonds. The molecule has 8 heteroatoms. The van der Waals surface area contributed by atoms with Crippen molar-refractivity contribution in [2.24, 2.45) is 5.41 Å². The molecule has 2 N–H and O–H groups in total. The average molecular weight is 389 g/mol. The van der Waals surface area contributed by atoms with Crippen LogP contribution in [0.1, 0.15) is 23.2 Å². The van der Waals surface area contributed by atoms with Crippen molar-refractivity contribution in [2.45, 2.75) is 12.8 Å². The van der Waals surface area contributed by atoms with Crippen molar-refractivity contribution in [3.63, 3.8) is 0 Å². The van der Waals surface area contributed by atoms with Crippen LogP contribution in [0.15, 0.2) is 36.4 Å². The number of amides is 2. The molecule has 1 aliphatic carbocycles. The maximum atomic E-state index is 13.6. The van der Waals surface area contributed by atoms with Crippen molar-refractivity contribution in [3.8, 4) is 0 Å². The van der Waals surface area contributed by atoms with Gasteiger partial charge in [-0.25, -0.2) is 4.39 Å². The van der Waals surface area contributed by atoms with Gasteiger partial charge in [0.2, 0.25) is 5.91 Å². The van der Waals surface area contributed by atoms with E-state index in [0.717, 1.165) is 0 Å². The zero-order chi connectivity index (χ0) is 20.1. The molecular weight excluding hydrogens is 365 g/mol. The SMILES string of the molecule is O=C(NCCN1CCN(C(=O)C2(C(=O)O)CC=CC2)CC1)c1ccccc1F. The zero-order valence-electron chi connectivity index (χ0n) is 15.6. The summed E-state index contributed by atoms with van der Waals surface area (Å²) >= 11 is 0.